The maximum Gasteiger partial charge on any atom is 0.157 e. The first kappa shape index (κ1) is 12.5. The van der Waals surface area contributed by atoms with Gasteiger partial charge in [0.2, 0.25) is 0 Å². The van der Waals surface area contributed by atoms with Crippen molar-refractivity contribution in [3.63, 3.8) is 0 Å². The maximum atomic E-state index is 11.1. The number of rotatable bonds is 7. The minimum Gasteiger partial charge on any atom is -0.624 e. The van der Waals surface area contributed by atoms with Crippen LogP contribution in [0.25, 0.3) is 0 Å². The minimum atomic E-state index is 0.0932. The van der Waals surface area contributed by atoms with Gasteiger partial charge in [0, 0.05) is 6.42 Å². The summed E-state index contributed by atoms with van der Waals surface area (Å²) >= 11 is 0. The van der Waals surface area contributed by atoms with Gasteiger partial charge in [-0.2, -0.15) is 0 Å². The predicted molar refractivity (Wildman–Crippen MR) is 58.2 cm³/mol. The molecule has 0 aliphatic carbocycles. The van der Waals surface area contributed by atoms with Crippen LogP contribution in [0.15, 0.2) is 0 Å². The van der Waals surface area contributed by atoms with Crippen molar-refractivity contribution in [1.82, 2.24) is 0 Å². The van der Waals surface area contributed by atoms with Gasteiger partial charge in [-0.05, 0) is 20.3 Å². The molecule has 0 amide bonds. The van der Waals surface area contributed by atoms with Gasteiger partial charge in [0.25, 0.3) is 0 Å². The van der Waals surface area contributed by atoms with Crippen molar-refractivity contribution < 1.29 is 4.74 Å². The molecule has 0 bridgehead atoms. The Labute approximate surface area is 82.2 Å². The molecule has 0 atom stereocenters. The van der Waals surface area contributed by atoms with E-state index >= 15 is 0 Å². The largest absolute Gasteiger partial charge is 0.624 e. The first-order valence-electron chi connectivity index (χ1n) is 5.47. The Kier molecular flexibility index (Phi) is 7.76. The third-order valence-electron chi connectivity index (χ3n) is 2.13. The van der Waals surface area contributed by atoms with E-state index in [9.17, 15) is 5.21 Å². The van der Waals surface area contributed by atoms with Gasteiger partial charge >= 0.3 is 0 Å². The molecule has 0 radical (unpaired) electrons. The SMILES string of the molecule is CCCCCCCC=[N+]([O-])C(C)C. The van der Waals surface area contributed by atoms with Gasteiger partial charge in [0.15, 0.2) is 12.3 Å². The zero-order chi connectivity index (χ0) is 10.1. The molecule has 0 aliphatic rings. The zero-order valence-electron chi connectivity index (χ0n) is 9.25. The van der Waals surface area contributed by atoms with Gasteiger partial charge in [-0.25, -0.2) is 4.74 Å². The van der Waals surface area contributed by atoms with Crippen molar-refractivity contribution in [2.24, 2.45) is 0 Å². The minimum absolute atomic E-state index is 0.0932. The van der Waals surface area contributed by atoms with Crippen molar-refractivity contribution in [3.8, 4) is 0 Å². The molecule has 0 aromatic carbocycles. The molecular formula is C11H23NO. The quantitative estimate of drug-likeness (QED) is 0.196. The van der Waals surface area contributed by atoms with E-state index in [0.29, 0.717) is 0 Å². The molecule has 0 saturated carbocycles. The highest BCUT2D eigenvalue weighted by Crippen LogP contribution is 2.03. The average Bonchev–Trinajstić information content (AvgIpc) is 2.10. The van der Waals surface area contributed by atoms with E-state index in [1.165, 1.54) is 25.7 Å². The van der Waals surface area contributed by atoms with E-state index in [1.54, 1.807) is 6.21 Å². The smallest absolute Gasteiger partial charge is 0.157 e. The Morgan fingerprint density at radius 3 is 2.31 bits per heavy atom. The Morgan fingerprint density at radius 2 is 1.77 bits per heavy atom. The summed E-state index contributed by atoms with van der Waals surface area (Å²) in [5, 5.41) is 11.1. The van der Waals surface area contributed by atoms with Crippen molar-refractivity contribution in [2.45, 2.75) is 65.3 Å². The Morgan fingerprint density at radius 1 is 1.15 bits per heavy atom. The normalized spacial score (nSPS) is 12.5. The molecule has 0 rings (SSSR count). The van der Waals surface area contributed by atoms with E-state index in [-0.39, 0.29) is 6.04 Å². The first-order valence-corrected chi connectivity index (χ1v) is 5.47. The summed E-state index contributed by atoms with van der Waals surface area (Å²) in [6.07, 6.45) is 9.04. The predicted octanol–water partition coefficient (Wildman–Crippen LogP) is 3.34. The average molecular weight is 185 g/mol. The van der Waals surface area contributed by atoms with Crippen LogP contribution in [0.1, 0.15) is 59.3 Å². The van der Waals surface area contributed by atoms with Crippen LogP contribution < -0.4 is 0 Å². The van der Waals surface area contributed by atoms with E-state index in [1.807, 2.05) is 13.8 Å². The second-order valence-corrected chi connectivity index (χ2v) is 3.84. The van der Waals surface area contributed by atoms with E-state index in [2.05, 4.69) is 6.92 Å². The number of hydrogen-bond acceptors (Lipinski definition) is 1. The maximum absolute atomic E-state index is 11.1. The molecule has 2 heteroatoms. The van der Waals surface area contributed by atoms with Gasteiger partial charge in [0.05, 0.1) is 0 Å². The summed E-state index contributed by atoms with van der Waals surface area (Å²) < 4.78 is 1.06. The summed E-state index contributed by atoms with van der Waals surface area (Å²) in [4.78, 5) is 0. The van der Waals surface area contributed by atoms with Crippen LogP contribution >= 0.6 is 0 Å². The van der Waals surface area contributed by atoms with Gasteiger partial charge in [-0.1, -0.05) is 32.6 Å². The van der Waals surface area contributed by atoms with E-state index in [0.717, 1.165) is 17.6 Å². The monoisotopic (exact) mass is 185 g/mol. The molecule has 0 heterocycles. The molecule has 0 spiro atoms. The highest BCUT2D eigenvalue weighted by Gasteiger charge is 1.98. The number of hydroxylamine groups is 1. The molecule has 0 aromatic rings. The third kappa shape index (κ3) is 7.82. The molecule has 0 aromatic heterocycles. The van der Waals surface area contributed by atoms with Crippen molar-refractivity contribution in [2.75, 3.05) is 0 Å². The van der Waals surface area contributed by atoms with Crippen LogP contribution in [0, 0.1) is 5.21 Å². The lowest BCUT2D eigenvalue weighted by atomic mass is 10.1. The van der Waals surface area contributed by atoms with Crippen molar-refractivity contribution >= 4 is 6.21 Å². The van der Waals surface area contributed by atoms with Crippen LogP contribution in [0.5, 0.6) is 0 Å². The Bertz CT molecular complexity index is 141. The molecule has 0 aliphatic heterocycles. The van der Waals surface area contributed by atoms with Crippen LogP contribution in [0.3, 0.4) is 0 Å². The fourth-order valence-electron chi connectivity index (χ4n) is 1.18. The van der Waals surface area contributed by atoms with Gasteiger partial charge in [-0.15, -0.1) is 0 Å². The molecule has 0 unspecified atom stereocenters. The lowest BCUT2D eigenvalue weighted by molar-refractivity contribution is -0.488. The standard InChI is InChI=1S/C11H23NO/c1-4-5-6-7-8-9-10-12(13)11(2)3/h10-11H,4-9H2,1-3H3. The molecular weight excluding hydrogens is 162 g/mol. The third-order valence-corrected chi connectivity index (χ3v) is 2.13. The second-order valence-electron chi connectivity index (χ2n) is 3.84. The van der Waals surface area contributed by atoms with Crippen LogP contribution in [-0.2, 0) is 0 Å². The fourth-order valence-corrected chi connectivity index (χ4v) is 1.18. The fraction of sp³-hybridized carbons (Fsp3) is 0.909. The molecule has 2 nitrogen and oxygen atoms in total. The summed E-state index contributed by atoms with van der Waals surface area (Å²) in [7, 11) is 0. The summed E-state index contributed by atoms with van der Waals surface area (Å²) in [6, 6.07) is 0.0932. The topological polar surface area (TPSA) is 26.1 Å². The van der Waals surface area contributed by atoms with Crippen LogP contribution in [0.4, 0.5) is 0 Å². The van der Waals surface area contributed by atoms with Gasteiger partial charge in [-0.3, -0.25) is 0 Å². The molecule has 0 fully saturated rings. The summed E-state index contributed by atoms with van der Waals surface area (Å²) in [5.41, 5.74) is 0. The Hall–Kier alpha value is -0.530. The molecule has 0 saturated heterocycles. The highest BCUT2D eigenvalue weighted by molar-refractivity contribution is 5.51. The Balaban J connectivity index is 3.29. The number of nitrogens with zero attached hydrogens (tertiary/aromatic N) is 1. The summed E-state index contributed by atoms with van der Waals surface area (Å²) in [6.45, 7) is 6.05. The zero-order valence-corrected chi connectivity index (χ0v) is 9.25. The lowest BCUT2D eigenvalue weighted by Crippen LogP contribution is -2.14. The van der Waals surface area contributed by atoms with Crippen molar-refractivity contribution in [3.05, 3.63) is 5.21 Å². The lowest BCUT2D eigenvalue weighted by Gasteiger charge is -2.06. The number of unbranched alkanes of at least 4 members (excludes halogenated alkanes) is 5. The van der Waals surface area contributed by atoms with Crippen molar-refractivity contribution in [1.29, 1.82) is 0 Å². The van der Waals surface area contributed by atoms with E-state index < -0.39 is 0 Å². The molecule has 0 N–H and O–H groups in total. The van der Waals surface area contributed by atoms with Crippen LogP contribution in [-0.4, -0.2) is 17.0 Å². The van der Waals surface area contributed by atoms with Gasteiger partial charge < -0.3 is 5.21 Å². The highest BCUT2D eigenvalue weighted by atomic mass is 16.5. The second kappa shape index (κ2) is 8.09. The van der Waals surface area contributed by atoms with Crippen LogP contribution in [0.2, 0.25) is 0 Å². The van der Waals surface area contributed by atoms with Gasteiger partial charge in [0.1, 0.15) is 0 Å². The summed E-state index contributed by atoms with van der Waals surface area (Å²) in [5.74, 6) is 0. The molecule has 78 valence electrons. The molecule has 13 heavy (non-hydrogen) atoms. The number of hydrogen-bond donors (Lipinski definition) is 0. The first-order chi connectivity index (χ1) is 6.18. The van der Waals surface area contributed by atoms with E-state index in [4.69, 9.17) is 0 Å².